The minimum absolute atomic E-state index is 0.170. The highest BCUT2D eigenvalue weighted by molar-refractivity contribution is 6.01. The minimum atomic E-state index is -0.564. The molecule has 0 aliphatic carbocycles. The number of rotatable bonds is 11. The van der Waals surface area contributed by atoms with Gasteiger partial charge in [-0.25, -0.2) is 5.01 Å². The molecule has 8 nitrogen and oxygen atoms in total. The molecule has 0 saturated carbocycles. The third-order valence-electron chi connectivity index (χ3n) is 6.90. The monoisotopic (exact) mass is 543 g/mol. The summed E-state index contributed by atoms with van der Waals surface area (Å²) in [5.41, 5.74) is 10.4. The Morgan fingerprint density at radius 2 is 1.43 bits per heavy atom. The van der Waals surface area contributed by atoms with E-state index in [1.165, 1.54) is 0 Å². The summed E-state index contributed by atoms with van der Waals surface area (Å²) in [5, 5.41) is 3.54. The summed E-state index contributed by atoms with van der Waals surface area (Å²) >= 11 is 0. The number of carbonyl (C=O) groups is 2. The van der Waals surface area contributed by atoms with Crippen LogP contribution in [-0.2, 0) is 29.2 Å². The molecule has 3 aromatic rings. The topological polar surface area (TPSA) is 94.3 Å². The van der Waals surface area contributed by atoms with E-state index in [2.05, 4.69) is 6.58 Å². The predicted molar refractivity (Wildman–Crippen MR) is 155 cm³/mol. The van der Waals surface area contributed by atoms with Crippen molar-refractivity contribution in [2.24, 2.45) is 5.73 Å². The average Bonchev–Trinajstić information content (AvgIpc) is 2.96. The van der Waals surface area contributed by atoms with E-state index < -0.39 is 5.91 Å². The van der Waals surface area contributed by atoms with Crippen molar-refractivity contribution in [3.8, 4) is 11.5 Å². The zero-order valence-corrected chi connectivity index (χ0v) is 23.4. The number of nitrogens with zero attached hydrogens (tertiary/aromatic N) is 2. The van der Waals surface area contributed by atoms with E-state index in [1.54, 1.807) is 12.1 Å². The van der Waals surface area contributed by atoms with Crippen molar-refractivity contribution in [1.82, 2.24) is 10.0 Å². The number of nitrogens with two attached hydrogens (primary N) is 1. The van der Waals surface area contributed by atoms with Gasteiger partial charge in [0.15, 0.2) is 0 Å². The number of benzene rings is 3. The number of hydrazine groups is 1. The van der Waals surface area contributed by atoms with Crippen LogP contribution in [0.15, 0.2) is 67.2 Å². The van der Waals surface area contributed by atoms with Gasteiger partial charge in [0.1, 0.15) is 24.7 Å². The molecule has 0 radical (unpaired) electrons. The lowest BCUT2D eigenvalue weighted by Crippen LogP contribution is -2.49. The lowest BCUT2D eigenvalue weighted by atomic mass is 9.90. The van der Waals surface area contributed by atoms with E-state index in [0.29, 0.717) is 65.6 Å². The smallest absolute Gasteiger partial charge is 0.271 e. The average molecular weight is 544 g/mol. The van der Waals surface area contributed by atoms with Gasteiger partial charge in [-0.3, -0.25) is 14.6 Å². The van der Waals surface area contributed by atoms with Gasteiger partial charge in [0.05, 0.1) is 25.2 Å². The summed E-state index contributed by atoms with van der Waals surface area (Å²) in [6.07, 6.45) is -0.170. The SMILES string of the molecule is C=C(C)c1c(C)c(C(=O)N(C)N2CCOCC2)c(OCc2ccccc2)c(CC(N)=O)c1OCc1ccccc1. The molecule has 40 heavy (non-hydrogen) atoms. The van der Waals surface area contributed by atoms with Crippen LogP contribution in [0.25, 0.3) is 5.57 Å². The number of primary amides is 1. The molecule has 3 aromatic carbocycles. The first kappa shape index (κ1) is 28.9. The second-order valence-electron chi connectivity index (χ2n) is 9.88. The molecule has 1 fully saturated rings. The van der Waals surface area contributed by atoms with E-state index in [4.69, 9.17) is 19.9 Å². The Hall–Kier alpha value is -4.14. The van der Waals surface area contributed by atoms with E-state index in [9.17, 15) is 9.59 Å². The maximum absolute atomic E-state index is 14.2. The predicted octanol–water partition coefficient (Wildman–Crippen LogP) is 4.53. The van der Waals surface area contributed by atoms with Crippen LogP contribution < -0.4 is 15.2 Å². The van der Waals surface area contributed by atoms with E-state index >= 15 is 0 Å². The quantitative estimate of drug-likeness (QED) is 0.382. The van der Waals surface area contributed by atoms with Gasteiger partial charge < -0.3 is 19.9 Å². The van der Waals surface area contributed by atoms with Crippen LogP contribution in [0.4, 0.5) is 0 Å². The highest BCUT2D eigenvalue weighted by Crippen LogP contribution is 2.43. The number of carbonyl (C=O) groups excluding carboxylic acids is 2. The number of allylic oxidation sites excluding steroid dienone is 1. The zero-order valence-electron chi connectivity index (χ0n) is 23.4. The molecule has 2 amide bonds. The van der Waals surface area contributed by atoms with Crippen LogP contribution in [0.3, 0.4) is 0 Å². The Morgan fingerprint density at radius 1 is 0.925 bits per heavy atom. The molecule has 0 aromatic heterocycles. The first-order chi connectivity index (χ1) is 19.3. The van der Waals surface area contributed by atoms with Gasteiger partial charge in [-0.15, -0.1) is 0 Å². The minimum Gasteiger partial charge on any atom is -0.488 e. The van der Waals surface area contributed by atoms with Gasteiger partial charge in [-0.1, -0.05) is 67.2 Å². The summed E-state index contributed by atoms with van der Waals surface area (Å²) in [4.78, 5) is 26.6. The van der Waals surface area contributed by atoms with Crippen molar-refractivity contribution in [3.63, 3.8) is 0 Å². The van der Waals surface area contributed by atoms with Crippen LogP contribution in [-0.4, -0.2) is 55.2 Å². The second-order valence-corrected chi connectivity index (χ2v) is 9.88. The maximum Gasteiger partial charge on any atom is 0.271 e. The van der Waals surface area contributed by atoms with Gasteiger partial charge in [0.2, 0.25) is 5.91 Å². The molecule has 1 saturated heterocycles. The molecule has 8 heteroatoms. The lowest BCUT2D eigenvalue weighted by Gasteiger charge is -2.35. The van der Waals surface area contributed by atoms with Crippen molar-refractivity contribution >= 4 is 17.4 Å². The van der Waals surface area contributed by atoms with Crippen molar-refractivity contribution < 1.29 is 23.8 Å². The van der Waals surface area contributed by atoms with Crippen LogP contribution in [0, 0.1) is 6.92 Å². The van der Waals surface area contributed by atoms with Crippen LogP contribution in [0.5, 0.6) is 11.5 Å². The third-order valence-corrected chi connectivity index (χ3v) is 6.90. The van der Waals surface area contributed by atoms with Gasteiger partial charge in [0.25, 0.3) is 5.91 Å². The van der Waals surface area contributed by atoms with Crippen molar-refractivity contribution in [3.05, 3.63) is 101 Å². The molecule has 1 heterocycles. The normalized spacial score (nSPS) is 13.5. The summed E-state index contributed by atoms with van der Waals surface area (Å²) in [5.74, 6) is -0.0875. The molecule has 4 rings (SSSR count). The number of ether oxygens (including phenoxy) is 3. The molecule has 0 atom stereocenters. The van der Waals surface area contributed by atoms with Crippen LogP contribution >= 0.6 is 0 Å². The lowest BCUT2D eigenvalue weighted by molar-refractivity contribution is -0.117. The van der Waals surface area contributed by atoms with Gasteiger partial charge in [-0.05, 0) is 36.1 Å². The summed E-state index contributed by atoms with van der Waals surface area (Å²) in [7, 11) is 1.74. The van der Waals surface area contributed by atoms with Crippen molar-refractivity contribution in [1.29, 1.82) is 0 Å². The number of hydrogen-bond donors (Lipinski definition) is 1. The first-order valence-electron chi connectivity index (χ1n) is 13.4. The molecule has 0 bridgehead atoms. The Labute approximate surface area is 235 Å². The molecule has 1 aliphatic heterocycles. The van der Waals surface area contributed by atoms with Crippen LogP contribution in [0.2, 0.25) is 0 Å². The Balaban J connectivity index is 1.89. The largest absolute Gasteiger partial charge is 0.488 e. The summed E-state index contributed by atoms with van der Waals surface area (Å²) in [6, 6.07) is 19.4. The molecule has 1 aliphatic rings. The Bertz CT molecular complexity index is 1350. The number of morpholine rings is 1. The fraction of sp³-hybridized carbons (Fsp3) is 0.312. The highest BCUT2D eigenvalue weighted by atomic mass is 16.5. The van der Waals surface area contributed by atoms with E-state index in [-0.39, 0.29) is 25.5 Å². The fourth-order valence-corrected chi connectivity index (χ4v) is 4.90. The third kappa shape index (κ3) is 6.70. The molecule has 2 N–H and O–H groups in total. The van der Waals surface area contributed by atoms with E-state index in [0.717, 1.165) is 11.1 Å². The number of amides is 2. The van der Waals surface area contributed by atoms with Crippen LogP contribution in [0.1, 0.15) is 45.1 Å². The van der Waals surface area contributed by atoms with Crippen molar-refractivity contribution in [2.75, 3.05) is 33.4 Å². The summed E-state index contributed by atoms with van der Waals surface area (Å²) in [6.45, 7) is 10.6. The fourth-order valence-electron chi connectivity index (χ4n) is 4.90. The molecule has 0 unspecified atom stereocenters. The highest BCUT2D eigenvalue weighted by Gasteiger charge is 2.32. The first-order valence-corrected chi connectivity index (χ1v) is 13.4. The van der Waals surface area contributed by atoms with E-state index in [1.807, 2.05) is 79.5 Å². The Morgan fingerprint density at radius 3 is 1.90 bits per heavy atom. The van der Waals surface area contributed by atoms with Gasteiger partial charge >= 0.3 is 0 Å². The summed E-state index contributed by atoms with van der Waals surface area (Å²) < 4.78 is 18.3. The maximum atomic E-state index is 14.2. The molecular weight excluding hydrogens is 506 g/mol. The molecule has 210 valence electrons. The second kappa shape index (κ2) is 13.3. The molecule has 0 spiro atoms. The van der Waals surface area contributed by atoms with Crippen molar-refractivity contribution in [2.45, 2.75) is 33.5 Å². The molecular formula is C32H37N3O5. The Kier molecular flexibility index (Phi) is 9.58. The number of hydrogen-bond acceptors (Lipinski definition) is 6. The van der Waals surface area contributed by atoms with Gasteiger partial charge in [-0.2, -0.15) is 0 Å². The standard InChI is InChI=1S/C32H37N3O5/c1-22(2)28-23(3)29(32(37)34(4)35-15-17-38-18-16-35)31(40-21-25-13-9-6-10-14-25)26(19-27(33)36)30(28)39-20-24-11-7-5-8-12-24/h5-14H,1,15-21H2,2-4H3,(H2,33,36). The van der Waals surface area contributed by atoms with Gasteiger partial charge in [0, 0.05) is 31.3 Å². The zero-order chi connectivity index (χ0) is 28.6.